The fraction of sp³-hybridized carbons (Fsp3) is 0.385. The van der Waals surface area contributed by atoms with Gasteiger partial charge in [0.2, 0.25) is 5.91 Å². The zero-order valence-corrected chi connectivity index (χ0v) is 10.8. The van der Waals surface area contributed by atoms with Crippen molar-refractivity contribution in [3.8, 4) is 0 Å². The lowest BCUT2D eigenvalue weighted by atomic mass is 10.1. The molecule has 2 rings (SSSR count). The molecule has 1 N–H and O–H groups in total. The van der Waals surface area contributed by atoms with Gasteiger partial charge < -0.3 is 4.90 Å². The number of amides is 3. The van der Waals surface area contributed by atoms with Gasteiger partial charge in [0.05, 0.1) is 5.92 Å². The third-order valence-corrected chi connectivity index (χ3v) is 3.06. The third kappa shape index (κ3) is 2.30. The number of carbonyl (C=O) groups excluding carboxylic acids is 2. The Hall–Kier alpha value is -2.04. The fourth-order valence-corrected chi connectivity index (χ4v) is 1.89. The van der Waals surface area contributed by atoms with E-state index in [1.807, 2.05) is 50.2 Å². The van der Waals surface area contributed by atoms with Crippen molar-refractivity contribution < 1.29 is 9.59 Å². The number of urea groups is 1. The molecular weight excluding hydrogens is 230 g/mol. The van der Waals surface area contributed by atoms with Gasteiger partial charge in [-0.15, -0.1) is 0 Å². The smallest absolute Gasteiger partial charge is 0.328 e. The van der Waals surface area contributed by atoms with Crippen LogP contribution in [0.25, 0.3) is 0 Å². The van der Waals surface area contributed by atoms with Crippen LogP contribution in [0.5, 0.6) is 0 Å². The lowest BCUT2D eigenvalue weighted by Gasteiger charge is -2.30. The third-order valence-electron chi connectivity index (χ3n) is 3.06. The van der Waals surface area contributed by atoms with Gasteiger partial charge in [0.15, 0.2) is 0 Å². The fourth-order valence-electron chi connectivity index (χ4n) is 1.89. The van der Waals surface area contributed by atoms with Crippen molar-refractivity contribution in [1.29, 1.82) is 0 Å². The Morgan fingerprint density at radius 1 is 1.22 bits per heavy atom. The molecule has 0 bridgehead atoms. The maximum absolute atomic E-state index is 11.8. The van der Waals surface area contributed by atoms with Gasteiger partial charge in [-0.25, -0.2) is 4.79 Å². The van der Waals surface area contributed by atoms with Crippen LogP contribution in [0.3, 0.4) is 0 Å². The molecule has 5 heteroatoms. The highest BCUT2D eigenvalue weighted by molar-refractivity contribution is 6.06. The van der Waals surface area contributed by atoms with Gasteiger partial charge >= 0.3 is 6.03 Å². The Labute approximate surface area is 106 Å². The molecule has 0 radical (unpaired) electrons. The van der Waals surface area contributed by atoms with E-state index in [9.17, 15) is 9.59 Å². The first-order chi connectivity index (χ1) is 8.49. The van der Waals surface area contributed by atoms with E-state index in [1.54, 1.807) is 4.90 Å². The molecule has 3 amide bonds. The molecule has 0 aromatic heterocycles. The van der Waals surface area contributed by atoms with E-state index in [1.165, 1.54) is 0 Å². The van der Waals surface area contributed by atoms with Gasteiger partial charge in [0, 0.05) is 32.0 Å². The van der Waals surface area contributed by atoms with Crippen molar-refractivity contribution in [2.24, 2.45) is 5.92 Å². The van der Waals surface area contributed by atoms with Gasteiger partial charge in [-0.2, -0.15) is 0 Å². The van der Waals surface area contributed by atoms with Crippen LogP contribution >= 0.6 is 0 Å². The quantitative estimate of drug-likeness (QED) is 0.860. The summed E-state index contributed by atoms with van der Waals surface area (Å²) >= 11 is 0. The molecule has 18 heavy (non-hydrogen) atoms. The number of nitrogens with zero attached hydrogens (tertiary/aromatic N) is 2. The average molecular weight is 247 g/mol. The van der Waals surface area contributed by atoms with E-state index in [2.05, 4.69) is 5.32 Å². The van der Waals surface area contributed by atoms with Crippen molar-refractivity contribution in [2.45, 2.75) is 6.92 Å². The number of hydrogen-bond acceptors (Lipinski definition) is 3. The van der Waals surface area contributed by atoms with Crippen molar-refractivity contribution >= 4 is 23.3 Å². The van der Waals surface area contributed by atoms with Crippen LogP contribution in [0.15, 0.2) is 24.3 Å². The van der Waals surface area contributed by atoms with Crippen LogP contribution in [-0.4, -0.2) is 32.6 Å². The lowest BCUT2D eigenvalue weighted by Crippen LogP contribution is -2.53. The second-order valence-corrected chi connectivity index (χ2v) is 4.72. The predicted octanol–water partition coefficient (Wildman–Crippen LogP) is 1.44. The molecule has 5 nitrogen and oxygen atoms in total. The number of carbonyl (C=O) groups is 2. The molecule has 1 aliphatic heterocycles. The summed E-state index contributed by atoms with van der Waals surface area (Å²) in [4.78, 5) is 26.7. The van der Waals surface area contributed by atoms with E-state index in [4.69, 9.17) is 0 Å². The first-order valence-electron chi connectivity index (χ1n) is 5.89. The maximum atomic E-state index is 11.8. The number of benzene rings is 1. The molecule has 0 saturated carbocycles. The largest absolute Gasteiger partial charge is 0.378 e. The van der Waals surface area contributed by atoms with Gasteiger partial charge in [-0.3, -0.25) is 15.0 Å². The van der Waals surface area contributed by atoms with Crippen LogP contribution in [0.2, 0.25) is 0 Å². The number of hydrogen-bond donors (Lipinski definition) is 1. The maximum Gasteiger partial charge on any atom is 0.328 e. The molecule has 1 heterocycles. The molecule has 1 saturated heterocycles. The first-order valence-corrected chi connectivity index (χ1v) is 5.89. The number of imide groups is 1. The summed E-state index contributed by atoms with van der Waals surface area (Å²) in [6.07, 6.45) is 0. The monoisotopic (exact) mass is 247 g/mol. The van der Waals surface area contributed by atoms with Crippen LogP contribution in [0.1, 0.15) is 6.92 Å². The van der Waals surface area contributed by atoms with Crippen LogP contribution in [0, 0.1) is 5.92 Å². The summed E-state index contributed by atoms with van der Waals surface area (Å²) in [5, 5.41) is 2.35. The summed E-state index contributed by atoms with van der Waals surface area (Å²) in [6.45, 7) is 2.23. The molecule has 1 atom stereocenters. The summed E-state index contributed by atoms with van der Waals surface area (Å²) < 4.78 is 0. The van der Waals surface area contributed by atoms with Gasteiger partial charge in [-0.1, -0.05) is 6.92 Å². The Morgan fingerprint density at radius 3 is 2.39 bits per heavy atom. The van der Waals surface area contributed by atoms with Crippen LogP contribution in [0.4, 0.5) is 16.2 Å². The first kappa shape index (κ1) is 12.4. The highest BCUT2D eigenvalue weighted by Crippen LogP contribution is 2.22. The van der Waals surface area contributed by atoms with E-state index >= 15 is 0 Å². The van der Waals surface area contributed by atoms with E-state index in [0.717, 1.165) is 11.4 Å². The topological polar surface area (TPSA) is 52.6 Å². The zero-order chi connectivity index (χ0) is 13.3. The Bertz CT molecular complexity index is 468. The van der Waals surface area contributed by atoms with Gasteiger partial charge in [0.25, 0.3) is 0 Å². The molecule has 1 fully saturated rings. The molecule has 0 spiro atoms. The minimum atomic E-state index is -0.351. The highest BCUT2D eigenvalue weighted by atomic mass is 16.2. The van der Waals surface area contributed by atoms with E-state index < -0.39 is 0 Å². The summed E-state index contributed by atoms with van der Waals surface area (Å²) in [5.74, 6) is -0.391. The lowest BCUT2D eigenvalue weighted by molar-refractivity contribution is -0.123. The van der Waals surface area contributed by atoms with Crippen molar-refractivity contribution in [3.05, 3.63) is 24.3 Å². The highest BCUT2D eigenvalue weighted by Gasteiger charge is 2.29. The second kappa shape index (κ2) is 4.68. The normalized spacial score (nSPS) is 19.7. The Kier molecular flexibility index (Phi) is 3.23. The van der Waals surface area contributed by atoms with Crippen molar-refractivity contribution in [2.75, 3.05) is 30.4 Å². The number of nitrogens with one attached hydrogen (secondary N) is 1. The molecule has 1 aromatic carbocycles. The average Bonchev–Trinajstić information content (AvgIpc) is 2.34. The van der Waals surface area contributed by atoms with Crippen molar-refractivity contribution in [1.82, 2.24) is 5.32 Å². The molecule has 1 unspecified atom stereocenters. The SMILES string of the molecule is CC1CN(c2ccc(N(C)C)cc2)C(=O)NC1=O. The van der Waals surface area contributed by atoms with E-state index in [-0.39, 0.29) is 17.9 Å². The Morgan fingerprint density at radius 2 is 1.83 bits per heavy atom. The van der Waals surface area contributed by atoms with Crippen molar-refractivity contribution in [3.63, 3.8) is 0 Å². The number of anilines is 2. The molecule has 0 aliphatic carbocycles. The number of rotatable bonds is 2. The molecular formula is C13H17N3O2. The minimum Gasteiger partial charge on any atom is -0.378 e. The molecule has 1 aromatic rings. The molecule has 1 aliphatic rings. The van der Waals surface area contributed by atoms with Gasteiger partial charge in [-0.05, 0) is 24.3 Å². The predicted molar refractivity (Wildman–Crippen MR) is 70.8 cm³/mol. The minimum absolute atomic E-state index is 0.184. The van der Waals surface area contributed by atoms with Crippen LogP contribution in [-0.2, 0) is 4.79 Å². The Balaban J connectivity index is 2.20. The summed E-state index contributed by atoms with van der Waals surface area (Å²) in [7, 11) is 3.92. The summed E-state index contributed by atoms with van der Waals surface area (Å²) in [6, 6.07) is 7.32. The standard InChI is InChI=1S/C13H17N3O2/c1-9-8-16(13(18)14-12(9)17)11-6-4-10(5-7-11)15(2)3/h4-7,9H,8H2,1-3H3,(H,14,17,18). The van der Waals surface area contributed by atoms with E-state index in [0.29, 0.717) is 6.54 Å². The van der Waals surface area contributed by atoms with Crippen LogP contribution < -0.4 is 15.1 Å². The second-order valence-electron chi connectivity index (χ2n) is 4.72. The zero-order valence-electron chi connectivity index (χ0n) is 10.8. The summed E-state index contributed by atoms with van der Waals surface area (Å²) in [5.41, 5.74) is 1.87. The molecule has 96 valence electrons. The van der Waals surface area contributed by atoms with Gasteiger partial charge in [0.1, 0.15) is 0 Å².